The predicted molar refractivity (Wildman–Crippen MR) is 104 cm³/mol. The van der Waals surface area contributed by atoms with Crippen molar-refractivity contribution in [3.63, 3.8) is 0 Å². The first kappa shape index (κ1) is 19.6. The highest BCUT2D eigenvalue weighted by atomic mass is 35.5. The molecule has 0 saturated carbocycles. The van der Waals surface area contributed by atoms with E-state index in [4.69, 9.17) is 23.2 Å². The Hall–Kier alpha value is -2.11. The van der Waals surface area contributed by atoms with Crippen molar-refractivity contribution in [1.29, 1.82) is 0 Å². The molecule has 0 aromatic heterocycles. The Morgan fingerprint density at radius 1 is 0.963 bits per heavy atom. The lowest BCUT2D eigenvalue weighted by Crippen LogP contribution is -2.50. The summed E-state index contributed by atoms with van der Waals surface area (Å²) in [4.78, 5) is 28.3. The van der Waals surface area contributed by atoms with Crippen molar-refractivity contribution in [3.05, 3.63) is 69.5 Å². The van der Waals surface area contributed by atoms with Crippen LogP contribution in [0.25, 0.3) is 0 Å². The summed E-state index contributed by atoms with van der Waals surface area (Å²) in [6, 6.07) is 11.0. The third kappa shape index (κ3) is 4.79. The molecule has 0 unspecified atom stereocenters. The summed E-state index contributed by atoms with van der Waals surface area (Å²) in [5.74, 6) is -0.634. The van der Waals surface area contributed by atoms with Crippen molar-refractivity contribution < 1.29 is 14.0 Å². The van der Waals surface area contributed by atoms with Gasteiger partial charge in [-0.2, -0.15) is 0 Å². The molecule has 0 radical (unpaired) electrons. The molecule has 1 fully saturated rings. The number of nitrogens with zero attached hydrogens (tertiary/aromatic N) is 2. The Morgan fingerprint density at radius 3 is 2.33 bits per heavy atom. The van der Waals surface area contributed by atoms with Gasteiger partial charge in [-0.05, 0) is 36.2 Å². The molecule has 4 nitrogen and oxygen atoms in total. The number of carbonyl (C=O) groups is 2. The molecule has 0 aliphatic carbocycles. The monoisotopic (exact) mass is 408 g/mol. The van der Waals surface area contributed by atoms with E-state index in [0.29, 0.717) is 54.6 Å². The van der Waals surface area contributed by atoms with Gasteiger partial charge in [0.1, 0.15) is 5.82 Å². The summed E-state index contributed by atoms with van der Waals surface area (Å²) in [7, 11) is 0. The molecule has 1 saturated heterocycles. The van der Waals surface area contributed by atoms with Gasteiger partial charge in [0.25, 0.3) is 5.91 Å². The van der Waals surface area contributed by atoms with E-state index in [2.05, 4.69) is 0 Å². The number of piperazine rings is 1. The zero-order valence-electron chi connectivity index (χ0n) is 14.6. The van der Waals surface area contributed by atoms with Crippen molar-refractivity contribution in [2.45, 2.75) is 12.8 Å². The van der Waals surface area contributed by atoms with Crippen LogP contribution in [0.15, 0.2) is 42.5 Å². The van der Waals surface area contributed by atoms with Gasteiger partial charge in [-0.3, -0.25) is 9.59 Å². The van der Waals surface area contributed by atoms with E-state index in [0.717, 1.165) is 5.56 Å². The molecule has 7 heteroatoms. The van der Waals surface area contributed by atoms with Gasteiger partial charge in [-0.1, -0.05) is 41.4 Å². The molecule has 142 valence electrons. The largest absolute Gasteiger partial charge is 0.339 e. The second kappa shape index (κ2) is 8.72. The molecule has 0 N–H and O–H groups in total. The molecule has 0 atom stereocenters. The van der Waals surface area contributed by atoms with Gasteiger partial charge in [-0.15, -0.1) is 0 Å². The van der Waals surface area contributed by atoms with Crippen LogP contribution in [0, 0.1) is 5.82 Å². The predicted octanol–water partition coefficient (Wildman–Crippen LogP) is 4.05. The van der Waals surface area contributed by atoms with Gasteiger partial charge in [0.2, 0.25) is 5.91 Å². The lowest BCUT2D eigenvalue weighted by molar-refractivity contribution is -0.132. The van der Waals surface area contributed by atoms with Gasteiger partial charge in [0.15, 0.2) is 0 Å². The van der Waals surface area contributed by atoms with Crippen molar-refractivity contribution in [2.75, 3.05) is 26.2 Å². The van der Waals surface area contributed by atoms with Gasteiger partial charge in [-0.25, -0.2) is 4.39 Å². The highest BCUT2D eigenvalue weighted by molar-refractivity contribution is 6.42. The smallest absolute Gasteiger partial charge is 0.254 e. The number of benzene rings is 2. The highest BCUT2D eigenvalue weighted by Gasteiger charge is 2.25. The quantitative estimate of drug-likeness (QED) is 0.765. The topological polar surface area (TPSA) is 40.6 Å². The van der Waals surface area contributed by atoms with Crippen LogP contribution < -0.4 is 0 Å². The number of rotatable bonds is 4. The molecule has 2 aromatic carbocycles. The Balaban J connectivity index is 1.52. The van der Waals surface area contributed by atoms with Crippen LogP contribution in [0.5, 0.6) is 0 Å². The van der Waals surface area contributed by atoms with E-state index >= 15 is 0 Å². The molecular weight excluding hydrogens is 390 g/mol. The fraction of sp³-hybridized carbons (Fsp3) is 0.300. The molecule has 1 heterocycles. The Bertz CT molecular complexity index is 852. The summed E-state index contributed by atoms with van der Waals surface area (Å²) in [6.07, 6.45) is 0.846. The van der Waals surface area contributed by atoms with E-state index in [1.165, 1.54) is 18.2 Å². The number of amides is 2. The van der Waals surface area contributed by atoms with E-state index in [-0.39, 0.29) is 11.8 Å². The second-order valence-corrected chi connectivity index (χ2v) is 7.18. The van der Waals surface area contributed by atoms with Crippen LogP contribution in [0.2, 0.25) is 10.0 Å². The average Bonchev–Trinajstić information content (AvgIpc) is 2.68. The number of hydrogen-bond donors (Lipinski definition) is 0. The minimum absolute atomic E-state index is 0.0175. The first-order chi connectivity index (χ1) is 13.0. The Labute approximate surface area is 167 Å². The minimum Gasteiger partial charge on any atom is -0.339 e. The molecule has 2 amide bonds. The Morgan fingerprint density at radius 2 is 1.63 bits per heavy atom. The van der Waals surface area contributed by atoms with Crippen molar-refractivity contribution >= 4 is 35.0 Å². The first-order valence-electron chi connectivity index (χ1n) is 8.71. The zero-order valence-corrected chi connectivity index (χ0v) is 16.1. The molecule has 1 aliphatic heterocycles. The van der Waals surface area contributed by atoms with E-state index in [1.54, 1.807) is 21.9 Å². The van der Waals surface area contributed by atoms with Crippen molar-refractivity contribution in [1.82, 2.24) is 9.80 Å². The van der Waals surface area contributed by atoms with Crippen LogP contribution in [0.4, 0.5) is 4.39 Å². The summed E-state index contributed by atoms with van der Waals surface area (Å²) in [6.45, 7) is 1.78. The molecule has 27 heavy (non-hydrogen) atoms. The van der Waals surface area contributed by atoms with E-state index < -0.39 is 5.82 Å². The van der Waals surface area contributed by atoms with E-state index in [9.17, 15) is 14.0 Å². The summed E-state index contributed by atoms with van der Waals surface area (Å²) in [5, 5.41) is 0.962. The summed E-state index contributed by atoms with van der Waals surface area (Å²) < 4.78 is 13.3. The fourth-order valence-corrected chi connectivity index (χ4v) is 3.52. The maximum atomic E-state index is 13.3. The maximum Gasteiger partial charge on any atom is 0.254 e. The average molecular weight is 409 g/mol. The maximum absolute atomic E-state index is 13.3. The van der Waals surface area contributed by atoms with Crippen molar-refractivity contribution in [2.24, 2.45) is 0 Å². The summed E-state index contributed by atoms with van der Waals surface area (Å²) in [5.41, 5.74) is 1.17. The standard InChI is InChI=1S/C20H19Cl2FN2O2/c21-17-6-2-3-14(19(17)22)7-8-18(26)24-9-11-25(12-10-24)20(27)15-4-1-5-16(23)13-15/h1-6,13H,7-12H2. The number of hydrogen-bond acceptors (Lipinski definition) is 2. The number of carbonyl (C=O) groups excluding carboxylic acids is 2. The molecule has 0 bridgehead atoms. The van der Waals surface area contributed by atoms with Crippen LogP contribution in [-0.2, 0) is 11.2 Å². The zero-order chi connectivity index (χ0) is 19.4. The van der Waals surface area contributed by atoms with Gasteiger partial charge in [0, 0.05) is 38.2 Å². The lowest BCUT2D eigenvalue weighted by Gasteiger charge is -2.35. The minimum atomic E-state index is -0.436. The van der Waals surface area contributed by atoms with Gasteiger partial charge < -0.3 is 9.80 Å². The van der Waals surface area contributed by atoms with Gasteiger partial charge >= 0.3 is 0 Å². The fourth-order valence-electron chi connectivity index (χ4n) is 3.10. The summed E-state index contributed by atoms with van der Waals surface area (Å²) >= 11 is 12.2. The van der Waals surface area contributed by atoms with E-state index in [1.807, 2.05) is 12.1 Å². The van der Waals surface area contributed by atoms with Crippen LogP contribution in [-0.4, -0.2) is 47.8 Å². The SMILES string of the molecule is O=C(CCc1cccc(Cl)c1Cl)N1CCN(C(=O)c2cccc(F)c2)CC1. The third-order valence-corrected chi connectivity index (χ3v) is 5.49. The highest BCUT2D eigenvalue weighted by Crippen LogP contribution is 2.26. The molecule has 3 rings (SSSR count). The van der Waals surface area contributed by atoms with Crippen LogP contribution in [0.3, 0.4) is 0 Å². The van der Waals surface area contributed by atoms with Crippen LogP contribution in [0.1, 0.15) is 22.3 Å². The number of halogens is 3. The molecule has 1 aliphatic rings. The molecule has 2 aromatic rings. The molecular formula is C20H19Cl2FN2O2. The van der Waals surface area contributed by atoms with Crippen molar-refractivity contribution in [3.8, 4) is 0 Å². The second-order valence-electron chi connectivity index (χ2n) is 6.40. The number of aryl methyl sites for hydroxylation is 1. The Kier molecular flexibility index (Phi) is 6.34. The normalized spacial score (nSPS) is 14.3. The third-order valence-electron chi connectivity index (χ3n) is 4.63. The lowest BCUT2D eigenvalue weighted by atomic mass is 10.1. The molecule has 0 spiro atoms. The van der Waals surface area contributed by atoms with Crippen LogP contribution >= 0.6 is 23.2 Å². The van der Waals surface area contributed by atoms with Gasteiger partial charge in [0.05, 0.1) is 10.0 Å². The first-order valence-corrected chi connectivity index (χ1v) is 9.47.